The fraction of sp³-hybridized carbons (Fsp3) is 0.600. The van der Waals surface area contributed by atoms with Crippen molar-refractivity contribution in [1.82, 2.24) is 0 Å². The summed E-state index contributed by atoms with van der Waals surface area (Å²) < 4.78 is 5.03. The van der Waals surface area contributed by atoms with Crippen molar-refractivity contribution in [2.24, 2.45) is 5.73 Å². The highest BCUT2D eigenvalue weighted by molar-refractivity contribution is 5.45. The zero-order chi connectivity index (χ0) is 13.1. The molecule has 3 nitrogen and oxygen atoms in total. The molecule has 0 aromatic heterocycles. The molecule has 1 aromatic rings. The number of unbranched alkanes of at least 4 members (excludes halogenated alkanes) is 2. The van der Waals surface area contributed by atoms with Gasteiger partial charge in [-0.05, 0) is 56.3 Å². The smallest absolute Gasteiger partial charge is 0.0462 e. The minimum absolute atomic E-state index is 0.761. The molecular weight excluding hydrogens is 224 g/mol. The largest absolute Gasteiger partial charge is 0.385 e. The molecule has 102 valence electrons. The van der Waals surface area contributed by atoms with Gasteiger partial charge in [0.05, 0.1) is 0 Å². The molecule has 0 aliphatic heterocycles. The van der Waals surface area contributed by atoms with Gasteiger partial charge in [0.25, 0.3) is 0 Å². The third-order valence-electron chi connectivity index (χ3n) is 2.95. The van der Waals surface area contributed by atoms with Gasteiger partial charge in [-0.1, -0.05) is 12.1 Å². The summed E-state index contributed by atoms with van der Waals surface area (Å²) in [4.78, 5) is 0. The van der Waals surface area contributed by atoms with Gasteiger partial charge in [0.2, 0.25) is 0 Å². The maximum Gasteiger partial charge on any atom is 0.0462 e. The molecule has 3 heteroatoms. The number of ether oxygens (including phenoxy) is 1. The summed E-state index contributed by atoms with van der Waals surface area (Å²) >= 11 is 0. The number of hydrogen-bond acceptors (Lipinski definition) is 3. The molecule has 0 saturated carbocycles. The third kappa shape index (κ3) is 6.62. The van der Waals surface area contributed by atoms with Gasteiger partial charge in [-0.15, -0.1) is 0 Å². The lowest BCUT2D eigenvalue weighted by Crippen LogP contribution is -2.03. The van der Waals surface area contributed by atoms with Crippen molar-refractivity contribution in [1.29, 1.82) is 0 Å². The molecule has 0 bridgehead atoms. The number of methoxy groups -OCH3 is 1. The maximum absolute atomic E-state index is 5.53. The summed E-state index contributed by atoms with van der Waals surface area (Å²) in [7, 11) is 1.76. The Hall–Kier alpha value is -1.06. The predicted octanol–water partition coefficient (Wildman–Crippen LogP) is 2.81. The molecule has 0 amide bonds. The van der Waals surface area contributed by atoms with E-state index in [4.69, 9.17) is 10.5 Å². The van der Waals surface area contributed by atoms with Crippen LogP contribution >= 0.6 is 0 Å². The zero-order valence-corrected chi connectivity index (χ0v) is 11.5. The Bertz CT molecular complexity index is 315. The van der Waals surface area contributed by atoms with Crippen LogP contribution in [0.5, 0.6) is 0 Å². The molecule has 0 fully saturated rings. The molecule has 0 unspecified atom stereocenters. The van der Waals surface area contributed by atoms with Crippen LogP contribution in [0.25, 0.3) is 0 Å². The second-order valence-corrected chi connectivity index (χ2v) is 4.57. The highest BCUT2D eigenvalue weighted by Crippen LogP contribution is 2.12. The summed E-state index contributed by atoms with van der Waals surface area (Å²) in [5.74, 6) is 0. The SMILES string of the molecule is COCCCCCNc1cccc(CCCN)c1. The van der Waals surface area contributed by atoms with Crippen LogP contribution in [0.3, 0.4) is 0 Å². The van der Waals surface area contributed by atoms with Crippen LogP contribution < -0.4 is 11.1 Å². The van der Waals surface area contributed by atoms with Gasteiger partial charge in [0.15, 0.2) is 0 Å². The number of rotatable bonds is 10. The van der Waals surface area contributed by atoms with Crippen LogP contribution in [0.2, 0.25) is 0 Å². The summed E-state index contributed by atoms with van der Waals surface area (Å²) in [6, 6.07) is 8.63. The second-order valence-electron chi connectivity index (χ2n) is 4.57. The van der Waals surface area contributed by atoms with Crippen molar-refractivity contribution in [2.45, 2.75) is 32.1 Å². The van der Waals surface area contributed by atoms with E-state index in [0.29, 0.717) is 0 Å². The van der Waals surface area contributed by atoms with E-state index in [1.54, 1.807) is 7.11 Å². The monoisotopic (exact) mass is 250 g/mol. The molecule has 3 N–H and O–H groups in total. The summed E-state index contributed by atoms with van der Waals surface area (Å²) in [6.45, 7) is 2.66. The van der Waals surface area contributed by atoms with Gasteiger partial charge >= 0.3 is 0 Å². The maximum atomic E-state index is 5.53. The van der Waals surface area contributed by atoms with Gasteiger partial charge in [-0.2, -0.15) is 0 Å². The van der Waals surface area contributed by atoms with Crippen molar-refractivity contribution >= 4 is 5.69 Å². The van der Waals surface area contributed by atoms with Crippen molar-refractivity contribution in [3.05, 3.63) is 29.8 Å². The van der Waals surface area contributed by atoms with Crippen LogP contribution in [0.15, 0.2) is 24.3 Å². The minimum Gasteiger partial charge on any atom is -0.385 e. The first kappa shape index (κ1) is 15.0. The van der Waals surface area contributed by atoms with E-state index in [1.165, 1.54) is 24.1 Å². The first-order valence-electron chi connectivity index (χ1n) is 6.88. The Morgan fingerprint density at radius 1 is 1.17 bits per heavy atom. The quantitative estimate of drug-likeness (QED) is 0.628. The van der Waals surface area contributed by atoms with E-state index < -0.39 is 0 Å². The Morgan fingerprint density at radius 3 is 2.83 bits per heavy atom. The molecule has 0 aliphatic carbocycles. The molecule has 0 spiro atoms. The van der Waals surface area contributed by atoms with Crippen molar-refractivity contribution < 1.29 is 4.74 Å². The number of aryl methyl sites for hydroxylation is 1. The molecule has 1 aromatic carbocycles. The van der Waals surface area contributed by atoms with E-state index >= 15 is 0 Å². The topological polar surface area (TPSA) is 47.3 Å². The van der Waals surface area contributed by atoms with Gasteiger partial charge < -0.3 is 15.8 Å². The molecule has 0 atom stereocenters. The van der Waals surface area contributed by atoms with Crippen LogP contribution in [-0.4, -0.2) is 26.8 Å². The minimum atomic E-state index is 0.761. The standard InChI is InChI=1S/C15H26N2O/c1-18-12-4-2-3-11-17-15-9-5-7-14(13-15)8-6-10-16/h5,7,9,13,17H,2-4,6,8,10-12,16H2,1H3. The van der Waals surface area contributed by atoms with Crippen LogP contribution in [-0.2, 0) is 11.2 Å². The van der Waals surface area contributed by atoms with E-state index in [-0.39, 0.29) is 0 Å². The fourth-order valence-corrected chi connectivity index (χ4v) is 1.92. The first-order valence-corrected chi connectivity index (χ1v) is 6.88. The number of anilines is 1. The normalized spacial score (nSPS) is 10.6. The highest BCUT2D eigenvalue weighted by atomic mass is 16.5. The Balaban J connectivity index is 2.20. The van der Waals surface area contributed by atoms with Gasteiger partial charge in [0.1, 0.15) is 0 Å². The molecule has 1 rings (SSSR count). The number of nitrogens with one attached hydrogen (secondary N) is 1. The Kier molecular flexibility index (Phi) is 8.26. The van der Waals surface area contributed by atoms with Crippen LogP contribution in [0.4, 0.5) is 5.69 Å². The van der Waals surface area contributed by atoms with Gasteiger partial charge in [-0.25, -0.2) is 0 Å². The number of nitrogens with two attached hydrogens (primary N) is 1. The van der Waals surface area contributed by atoms with Crippen LogP contribution in [0, 0.1) is 0 Å². The molecule has 0 saturated heterocycles. The summed E-state index contributed by atoms with van der Waals surface area (Å²) in [5.41, 5.74) is 8.11. The molecule has 0 radical (unpaired) electrons. The lowest BCUT2D eigenvalue weighted by molar-refractivity contribution is 0.192. The van der Waals surface area contributed by atoms with Crippen LogP contribution in [0.1, 0.15) is 31.2 Å². The summed E-state index contributed by atoms with van der Waals surface area (Å²) in [5, 5.41) is 3.47. The van der Waals surface area contributed by atoms with E-state index in [2.05, 4.69) is 29.6 Å². The van der Waals surface area contributed by atoms with Crippen molar-refractivity contribution in [2.75, 3.05) is 32.1 Å². The Labute approximate surface area is 111 Å². The van der Waals surface area contributed by atoms with E-state index in [0.717, 1.165) is 39.0 Å². The molecule has 18 heavy (non-hydrogen) atoms. The average Bonchev–Trinajstić information content (AvgIpc) is 2.41. The number of benzene rings is 1. The van der Waals surface area contributed by atoms with Gasteiger partial charge in [0, 0.05) is 25.9 Å². The molecule has 0 aliphatic rings. The fourth-order valence-electron chi connectivity index (χ4n) is 1.92. The number of hydrogen-bond donors (Lipinski definition) is 2. The second kappa shape index (κ2) is 9.92. The average molecular weight is 250 g/mol. The predicted molar refractivity (Wildman–Crippen MR) is 78.0 cm³/mol. The first-order chi connectivity index (χ1) is 8.86. The molecular formula is C15H26N2O. The van der Waals surface area contributed by atoms with Gasteiger partial charge in [-0.3, -0.25) is 0 Å². The van der Waals surface area contributed by atoms with E-state index in [9.17, 15) is 0 Å². The zero-order valence-electron chi connectivity index (χ0n) is 11.5. The van der Waals surface area contributed by atoms with Crippen molar-refractivity contribution in [3.63, 3.8) is 0 Å². The third-order valence-corrected chi connectivity index (χ3v) is 2.95. The van der Waals surface area contributed by atoms with E-state index in [1.807, 2.05) is 0 Å². The summed E-state index contributed by atoms with van der Waals surface area (Å²) in [6.07, 6.45) is 5.68. The lowest BCUT2D eigenvalue weighted by atomic mass is 10.1. The van der Waals surface area contributed by atoms with Crippen molar-refractivity contribution in [3.8, 4) is 0 Å². The lowest BCUT2D eigenvalue weighted by Gasteiger charge is -2.08. The highest BCUT2D eigenvalue weighted by Gasteiger charge is 1.96. The molecule has 0 heterocycles. The Morgan fingerprint density at radius 2 is 2.06 bits per heavy atom.